The Bertz CT molecular complexity index is 963. The number of aryl methyl sites for hydroxylation is 2. The van der Waals surface area contributed by atoms with Crippen LogP contribution in [0.15, 0.2) is 30.3 Å². The van der Waals surface area contributed by atoms with Crippen molar-refractivity contribution >= 4 is 38.7 Å². The number of nitro benzene ring substituents is 1. The smallest absolute Gasteiger partial charge is 0.270 e. The van der Waals surface area contributed by atoms with Gasteiger partial charge in [-0.1, -0.05) is 12.1 Å². The number of hydrogen-bond acceptors (Lipinski definition) is 6. The van der Waals surface area contributed by atoms with E-state index >= 15 is 0 Å². The molecule has 0 aliphatic rings. The zero-order chi connectivity index (χ0) is 16.7. The molecule has 3 aromatic rings. The maximum atomic E-state index is 12.7. The third-order valence-corrected chi connectivity index (χ3v) is 4.65. The molecule has 0 amide bonds. The number of carbonyl (C=O) groups excluding carboxylic acids is 1. The number of carbonyl (C=O) groups is 1. The van der Waals surface area contributed by atoms with Crippen LogP contribution in [0.3, 0.4) is 0 Å². The van der Waals surface area contributed by atoms with Gasteiger partial charge in [0, 0.05) is 28.8 Å². The Morgan fingerprint density at radius 2 is 2.04 bits per heavy atom. The highest BCUT2D eigenvalue weighted by atomic mass is 32.1. The summed E-state index contributed by atoms with van der Waals surface area (Å²) in [6.07, 6.45) is 0. The van der Waals surface area contributed by atoms with Crippen LogP contribution in [-0.4, -0.2) is 15.7 Å². The van der Waals surface area contributed by atoms with Gasteiger partial charge in [-0.3, -0.25) is 14.9 Å². The molecule has 23 heavy (non-hydrogen) atoms. The van der Waals surface area contributed by atoms with E-state index in [1.807, 2.05) is 19.9 Å². The summed E-state index contributed by atoms with van der Waals surface area (Å²) in [6, 6.07) is 7.55. The molecule has 2 heterocycles. The monoisotopic (exact) mass is 327 g/mol. The Balaban J connectivity index is 2.15. The number of aromatic nitrogens is 1. The quantitative estimate of drug-likeness (QED) is 0.450. The van der Waals surface area contributed by atoms with Gasteiger partial charge in [-0.15, -0.1) is 11.3 Å². The van der Waals surface area contributed by atoms with Gasteiger partial charge < -0.3 is 5.73 Å². The Labute approximate surface area is 135 Å². The Morgan fingerprint density at radius 3 is 2.74 bits per heavy atom. The second-order valence-corrected chi connectivity index (χ2v) is 6.24. The molecule has 0 radical (unpaired) electrons. The number of non-ortho nitro benzene ring substituents is 1. The average molecular weight is 327 g/mol. The molecular weight excluding hydrogens is 314 g/mol. The SMILES string of the molecule is Cc1cc(C)c2c(N)c(C(=O)c3cccc([N+](=O)[O-])c3)sc2n1. The maximum Gasteiger partial charge on any atom is 0.270 e. The third-order valence-electron chi connectivity index (χ3n) is 3.55. The van der Waals surface area contributed by atoms with Gasteiger partial charge in [-0.2, -0.15) is 0 Å². The number of nitrogens with zero attached hydrogens (tertiary/aromatic N) is 2. The number of rotatable bonds is 3. The molecule has 0 atom stereocenters. The fourth-order valence-corrected chi connectivity index (χ4v) is 3.71. The van der Waals surface area contributed by atoms with Crippen molar-refractivity contribution in [2.75, 3.05) is 5.73 Å². The van der Waals surface area contributed by atoms with Crippen LogP contribution in [0.1, 0.15) is 26.5 Å². The highest BCUT2D eigenvalue weighted by molar-refractivity contribution is 7.21. The highest BCUT2D eigenvalue weighted by Gasteiger charge is 2.21. The van der Waals surface area contributed by atoms with Crippen LogP contribution < -0.4 is 5.73 Å². The van der Waals surface area contributed by atoms with Crippen LogP contribution in [0.4, 0.5) is 11.4 Å². The van der Waals surface area contributed by atoms with Crippen molar-refractivity contribution in [3.05, 3.63) is 62.1 Å². The Hall–Kier alpha value is -2.80. The number of nitrogens with two attached hydrogens (primary N) is 1. The molecule has 3 rings (SSSR count). The first-order valence-corrected chi connectivity index (χ1v) is 7.65. The van der Waals surface area contributed by atoms with Gasteiger partial charge in [0.1, 0.15) is 9.71 Å². The van der Waals surface area contributed by atoms with Gasteiger partial charge in [0.2, 0.25) is 5.78 Å². The van der Waals surface area contributed by atoms with E-state index in [9.17, 15) is 14.9 Å². The molecule has 2 aromatic heterocycles. The van der Waals surface area contributed by atoms with Crippen molar-refractivity contribution in [2.24, 2.45) is 0 Å². The summed E-state index contributed by atoms with van der Waals surface area (Å²) in [5, 5.41) is 11.6. The first-order chi connectivity index (χ1) is 10.9. The van der Waals surface area contributed by atoms with Crippen LogP contribution >= 0.6 is 11.3 Å². The molecule has 0 bridgehead atoms. The summed E-state index contributed by atoms with van der Waals surface area (Å²) < 4.78 is 0. The molecule has 2 N–H and O–H groups in total. The second kappa shape index (κ2) is 5.44. The molecule has 0 fully saturated rings. The minimum Gasteiger partial charge on any atom is -0.397 e. The van der Waals surface area contributed by atoms with Crippen LogP contribution in [-0.2, 0) is 0 Å². The Morgan fingerprint density at radius 1 is 1.30 bits per heavy atom. The molecular formula is C16H13N3O3S. The van der Waals surface area contributed by atoms with Crippen LogP contribution in [0.25, 0.3) is 10.2 Å². The lowest BCUT2D eigenvalue weighted by Gasteiger charge is -2.01. The number of benzene rings is 1. The number of nitrogen functional groups attached to an aromatic ring is 1. The largest absolute Gasteiger partial charge is 0.397 e. The van der Waals surface area contributed by atoms with Gasteiger partial charge in [-0.25, -0.2) is 4.98 Å². The van der Waals surface area contributed by atoms with Crippen molar-refractivity contribution in [1.82, 2.24) is 4.98 Å². The second-order valence-electron chi connectivity index (χ2n) is 5.24. The summed E-state index contributed by atoms with van der Waals surface area (Å²) in [7, 11) is 0. The van der Waals surface area contributed by atoms with E-state index in [0.717, 1.165) is 16.6 Å². The Kier molecular flexibility index (Phi) is 3.57. The van der Waals surface area contributed by atoms with Gasteiger partial charge in [0.15, 0.2) is 0 Å². The number of thiophene rings is 1. The van der Waals surface area contributed by atoms with E-state index in [2.05, 4.69) is 4.98 Å². The predicted molar refractivity (Wildman–Crippen MR) is 90.0 cm³/mol. The van der Waals surface area contributed by atoms with Crippen molar-refractivity contribution < 1.29 is 9.72 Å². The number of anilines is 1. The minimum absolute atomic E-state index is 0.124. The van der Waals surface area contributed by atoms with Crippen LogP contribution in [0.2, 0.25) is 0 Å². The van der Waals surface area contributed by atoms with Gasteiger partial charge in [-0.05, 0) is 25.5 Å². The third kappa shape index (κ3) is 2.55. The molecule has 0 aliphatic heterocycles. The lowest BCUT2D eigenvalue weighted by molar-refractivity contribution is -0.384. The first-order valence-electron chi connectivity index (χ1n) is 6.84. The average Bonchev–Trinajstić information content (AvgIpc) is 2.83. The van der Waals surface area contributed by atoms with E-state index in [4.69, 9.17) is 5.73 Å². The fraction of sp³-hybridized carbons (Fsp3) is 0.125. The minimum atomic E-state index is -0.528. The van der Waals surface area contributed by atoms with Gasteiger partial charge >= 0.3 is 0 Å². The maximum absolute atomic E-state index is 12.7. The van der Waals surface area contributed by atoms with Crippen molar-refractivity contribution in [3.63, 3.8) is 0 Å². The first kappa shape index (κ1) is 15.1. The van der Waals surface area contributed by atoms with Crippen molar-refractivity contribution in [1.29, 1.82) is 0 Å². The molecule has 0 saturated heterocycles. The van der Waals surface area contributed by atoms with Crippen molar-refractivity contribution in [2.45, 2.75) is 13.8 Å². The van der Waals surface area contributed by atoms with Gasteiger partial charge in [0.25, 0.3) is 5.69 Å². The van der Waals surface area contributed by atoms with Crippen LogP contribution in [0.5, 0.6) is 0 Å². The summed E-state index contributed by atoms with van der Waals surface area (Å²) in [4.78, 5) is 28.5. The molecule has 7 heteroatoms. The molecule has 0 unspecified atom stereocenters. The fourth-order valence-electron chi connectivity index (χ4n) is 2.53. The molecule has 6 nitrogen and oxygen atoms in total. The standard InChI is InChI=1S/C16H13N3O3S/c1-8-6-9(2)18-16-12(8)13(17)15(23-16)14(20)10-4-3-5-11(7-10)19(21)22/h3-7H,17H2,1-2H3. The lowest BCUT2D eigenvalue weighted by Crippen LogP contribution is -2.03. The highest BCUT2D eigenvalue weighted by Crippen LogP contribution is 2.36. The zero-order valence-corrected chi connectivity index (χ0v) is 13.3. The summed E-state index contributed by atoms with van der Waals surface area (Å²) in [5.41, 5.74) is 8.45. The molecule has 0 spiro atoms. The van der Waals surface area contributed by atoms with E-state index in [0.29, 0.717) is 15.4 Å². The van der Waals surface area contributed by atoms with Crippen LogP contribution in [0, 0.1) is 24.0 Å². The zero-order valence-electron chi connectivity index (χ0n) is 12.5. The number of ketones is 1. The summed E-state index contributed by atoms with van der Waals surface area (Å²) in [6.45, 7) is 3.80. The van der Waals surface area contributed by atoms with E-state index in [-0.39, 0.29) is 17.0 Å². The van der Waals surface area contributed by atoms with Gasteiger partial charge in [0.05, 0.1) is 10.6 Å². The molecule has 1 aromatic carbocycles. The molecule has 0 saturated carbocycles. The van der Waals surface area contributed by atoms with E-state index < -0.39 is 4.92 Å². The predicted octanol–water partition coefficient (Wildman–Crippen LogP) is 3.63. The number of pyridine rings is 1. The normalized spacial score (nSPS) is 10.9. The lowest BCUT2D eigenvalue weighted by atomic mass is 10.1. The number of hydrogen-bond donors (Lipinski definition) is 1. The molecule has 0 aliphatic carbocycles. The summed E-state index contributed by atoms with van der Waals surface area (Å²) in [5.74, 6) is -0.328. The summed E-state index contributed by atoms with van der Waals surface area (Å²) >= 11 is 1.21. The number of nitro groups is 1. The molecule has 116 valence electrons. The topological polar surface area (TPSA) is 99.1 Å². The van der Waals surface area contributed by atoms with E-state index in [1.165, 1.54) is 29.5 Å². The van der Waals surface area contributed by atoms with E-state index in [1.54, 1.807) is 6.07 Å². The number of fused-ring (bicyclic) bond motifs is 1. The van der Waals surface area contributed by atoms with Crippen molar-refractivity contribution in [3.8, 4) is 0 Å².